The number of hydrogen-bond donors (Lipinski definition) is 1. The van der Waals surface area contributed by atoms with Crippen LogP contribution >= 0.6 is 0 Å². The summed E-state index contributed by atoms with van der Waals surface area (Å²) in [4.78, 5) is 24.7. The van der Waals surface area contributed by atoms with Gasteiger partial charge in [-0.1, -0.05) is 6.07 Å². The largest absolute Gasteiger partial charge is 0.493 e. The van der Waals surface area contributed by atoms with Crippen molar-refractivity contribution in [2.45, 2.75) is 6.18 Å². The Kier molecular flexibility index (Phi) is 3.84. The van der Waals surface area contributed by atoms with E-state index in [2.05, 4.69) is 4.84 Å². The maximum Gasteiger partial charge on any atom is 0.493 e. The Bertz CT molecular complexity index is 486. The molecule has 0 aromatic heterocycles. The number of nitrogens with one attached hydrogen (secondary N) is 1. The summed E-state index contributed by atoms with van der Waals surface area (Å²) in [7, 11) is 0. The first-order valence-corrected chi connectivity index (χ1v) is 4.26. The van der Waals surface area contributed by atoms with Gasteiger partial charge in [-0.05, 0) is 12.1 Å². The van der Waals surface area contributed by atoms with Gasteiger partial charge in [0.05, 0.1) is 5.56 Å². The number of carbonyl (C=O) groups is 2. The monoisotopic (exact) mass is 269 g/mol. The molecule has 1 amide bonds. The van der Waals surface area contributed by atoms with Crippen LogP contribution in [0.15, 0.2) is 18.2 Å². The van der Waals surface area contributed by atoms with Gasteiger partial charge < -0.3 is 4.84 Å². The van der Waals surface area contributed by atoms with Crippen LogP contribution in [0.25, 0.3) is 0 Å². The summed E-state index contributed by atoms with van der Waals surface area (Å²) in [6.45, 7) is 0. The third-order valence-corrected chi connectivity index (χ3v) is 1.66. The van der Waals surface area contributed by atoms with Crippen molar-refractivity contribution in [1.29, 1.82) is 0 Å². The molecular weight excluding hydrogens is 265 g/mol. The molecule has 0 aliphatic carbocycles. The summed E-state index contributed by atoms with van der Waals surface area (Å²) in [5.41, 5.74) is 0.160. The Labute approximate surface area is 96.3 Å². The number of halogens is 5. The molecule has 0 atom stereocenters. The normalized spacial score (nSPS) is 10.9. The van der Waals surface area contributed by atoms with Crippen molar-refractivity contribution < 1.29 is 36.4 Å². The molecule has 4 nitrogen and oxygen atoms in total. The number of benzene rings is 1. The minimum Gasteiger partial charge on any atom is -0.332 e. The molecule has 98 valence electrons. The highest BCUT2D eigenvalue weighted by Gasteiger charge is 2.42. The van der Waals surface area contributed by atoms with Crippen molar-refractivity contribution in [2.75, 3.05) is 0 Å². The fourth-order valence-corrected chi connectivity index (χ4v) is 0.885. The Hall–Kier alpha value is -2.19. The second-order valence-corrected chi connectivity index (χ2v) is 2.92. The van der Waals surface area contributed by atoms with Gasteiger partial charge in [0.1, 0.15) is 0 Å². The van der Waals surface area contributed by atoms with Gasteiger partial charge in [-0.2, -0.15) is 18.7 Å². The highest BCUT2D eigenvalue weighted by molar-refractivity contribution is 5.94. The van der Waals surface area contributed by atoms with Crippen LogP contribution < -0.4 is 5.48 Å². The van der Waals surface area contributed by atoms with Crippen LogP contribution in [0.1, 0.15) is 10.4 Å². The molecule has 0 unspecified atom stereocenters. The Morgan fingerprint density at radius 3 is 2.33 bits per heavy atom. The molecule has 0 saturated carbocycles. The van der Waals surface area contributed by atoms with E-state index in [9.17, 15) is 31.5 Å². The molecule has 0 bridgehead atoms. The molecule has 1 aromatic carbocycles. The maximum atomic E-state index is 13.0. The fraction of sp³-hybridized carbons (Fsp3) is 0.111. The van der Waals surface area contributed by atoms with Gasteiger partial charge in [0.15, 0.2) is 11.6 Å². The fourth-order valence-electron chi connectivity index (χ4n) is 0.885. The molecule has 0 fully saturated rings. The predicted molar refractivity (Wildman–Crippen MR) is 46.0 cm³/mol. The average molecular weight is 269 g/mol. The summed E-state index contributed by atoms with van der Waals surface area (Å²) in [6, 6.07) is 2.46. The second kappa shape index (κ2) is 4.98. The highest BCUT2D eigenvalue weighted by atomic mass is 19.4. The average Bonchev–Trinajstić information content (AvgIpc) is 2.27. The topological polar surface area (TPSA) is 55.4 Å². The van der Waals surface area contributed by atoms with Crippen LogP contribution in [0.3, 0.4) is 0 Å². The SMILES string of the molecule is O=C(NOC(=O)C(F)(F)F)c1cccc(F)c1F. The summed E-state index contributed by atoms with van der Waals surface area (Å²) in [5.74, 6) is -7.15. The van der Waals surface area contributed by atoms with Gasteiger partial charge in [-0.15, -0.1) is 0 Å². The first-order chi connectivity index (χ1) is 8.23. The van der Waals surface area contributed by atoms with Crippen molar-refractivity contribution in [3.63, 3.8) is 0 Å². The zero-order valence-corrected chi connectivity index (χ0v) is 8.35. The summed E-state index contributed by atoms with van der Waals surface area (Å²) < 4.78 is 60.8. The van der Waals surface area contributed by atoms with E-state index < -0.39 is 35.3 Å². The van der Waals surface area contributed by atoms with E-state index in [0.717, 1.165) is 17.6 Å². The molecule has 0 aliphatic heterocycles. The third kappa shape index (κ3) is 3.15. The second-order valence-electron chi connectivity index (χ2n) is 2.92. The number of hydroxylamine groups is 1. The Morgan fingerprint density at radius 2 is 1.78 bits per heavy atom. The summed E-state index contributed by atoms with van der Waals surface area (Å²) in [5, 5.41) is 0. The summed E-state index contributed by atoms with van der Waals surface area (Å²) in [6.07, 6.45) is -5.31. The number of hydrogen-bond acceptors (Lipinski definition) is 3. The minimum absolute atomic E-state index is 0.702. The quantitative estimate of drug-likeness (QED) is 0.623. The molecule has 1 N–H and O–H groups in total. The van der Waals surface area contributed by atoms with E-state index in [1.54, 1.807) is 0 Å². The summed E-state index contributed by atoms with van der Waals surface area (Å²) >= 11 is 0. The molecular formula is C9H4F5NO3. The van der Waals surface area contributed by atoms with Crippen LogP contribution in [-0.2, 0) is 9.63 Å². The van der Waals surface area contributed by atoms with Crippen LogP contribution in [0.2, 0.25) is 0 Å². The smallest absolute Gasteiger partial charge is 0.332 e. The maximum absolute atomic E-state index is 13.0. The lowest BCUT2D eigenvalue weighted by Crippen LogP contribution is -2.35. The molecule has 0 radical (unpaired) electrons. The van der Waals surface area contributed by atoms with Gasteiger partial charge in [0.2, 0.25) is 0 Å². The molecule has 0 heterocycles. The third-order valence-electron chi connectivity index (χ3n) is 1.66. The number of rotatable bonds is 1. The van der Waals surface area contributed by atoms with Crippen LogP contribution in [0, 0.1) is 11.6 Å². The Morgan fingerprint density at radius 1 is 1.17 bits per heavy atom. The van der Waals surface area contributed by atoms with Crippen molar-refractivity contribution in [1.82, 2.24) is 5.48 Å². The van der Waals surface area contributed by atoms with E-state index in [-0.39, 0.29) is 0 Å². The number of carbonyl (C=O) groups excluding carboxylic acids is 2. The van der Waals surface area contributed by atoms with E-state index in [1.165, 1.54) is 0 Å². The molecule has 18 heavy (non-hydrogen) atoms. The lowest BCUT2D eigenvalue weighted by atomic mass is 10.2. The van der Waals surface area contributed by atoms with Gasteiger partial charge in [-0.3, -0.25) is 4.79 Å². The van der Waals surface area contributed by atoms with Gasteiger partial charge in [0, 0.05) is 0 Å². The van der Waals surface area contributed by atoms with Crippen molar-refractivity contribution in [3.05, 3.63) is 35.4 Å². The molecule has 0 aliphatic rings. The lowest BCUT2D eigenvalue weighted by molar-refractivity contribution is -0.204. The van der Waals surface area contributed by atoms with Gasteiger partial charge in [-0.25, -0.2) is 13.6 Å². The minimum atomic E-state index is -5.31. The highest BCUT2D eigenvalue weighted by Crippen LogP contribution is 2.16. The number of amides is 1. The van der Waals surface area contributed by atoms with Crippen molar-refractivity contribution in [3.8, 4) is 0 Å². The van der Waals surface area contributed by atoms with E-state index in [4.69, 9.17) is 0 Å². The van der Waals surface area contributed by atoms with E-state index in [1.807, 2.05) is 0 Å². The lowest BCUT2D eigenvalue weighted by Gasteiger charge is -2.08. The van der Waals surface area contributed by atoms with Crippen molar-refractivity contribution >= 4 is 11.9 Å². The van der Waals surface area contributed by atoms with Gasteiger partial charge in [0.25, 0.3) is 5.91 Å². The zero-order valence-electron chi connectivity index (χ0n) is 8.35. The van der Waals surface area contributed by atoms with Crippen molar-refractivity contribution in [2.24, 2.45) is 0 Å². The zero-order chi connectivity index (χ0) is 13.9. The van der Waals surface area contributed by atoms with Crippen LogP contribution in [-0.4, -0.2) is 18.1 Å². The molecule has 9 heteroatoms. The van der Waals surface area contributed by atoms with E-state index in [0.29, 0.717) is 6.07 Å². The van der Waals surface area contributed by atoms with Gasteiger partial charge >= 0.3 is 12.1 Å². The Balaban J connectivity index is 2.73. The molecule has 0 saturated heterocycles. The number of alkyl halides is 3. The van der Waals surface area contributed by atoms with E-state index >= 15 is 0 Å². The van der Waals surface area contributed by atoms with Crippen LogP contribution in [0.5, 0.6) is 0 Å². The molecule has 1 rings (SSSR count). The standard InChI is InChI=1S/C9H4F5NO3/c10-5-3-1-2-4(6(5)11)7(16)15-18-8(17)9(12,13)14/h1-3H,(H,15,16). The predicted octanol–water partition coefficient (Wildman–Crippen LogP) is 1.72. The van der Waals surface area contributed by atoms with Crippen LogP contribution in [0.4, 0.5) is 22.0 Å². The first kappa shape index (κ1) is 13.9. The molecule has 1 aromatic rings. The first-order valence-electron chi connectivity index (χ1n) is 4.26. The molecule has 0 spiro atoms.